The number of rotatable bonds is 7. The van der Waals surface area contributed by atoms with Crippen molar-refractivity contribution in [2.45, 2.75) is 6.92 Å². The Labute approximate surface area is 130 Å². The summed E-state index contributed by atoms with van der Waals surface area (Å²) in [4.78, 5) is 11.9. The van der Waals surface area contributed by atoms with E-state index in [4.69, 9.17) is 21.1 Å². The SMILES string of the molecule is CCOc1c(Cl)cc(C(=O)NCCNC)cc1OC.Cl. The molecule has 0 heterocycles. The van der Waals surface area contributed by atoms with Gasteiger partial charge in [-0.15, -0.1) is 12.4 Å². The normalized spacial score (nSPS) is 9.60. The summed E-state index contributed by atoms with van der Waals surface area (Å²) in [6.07, 6.45) is 0. The van der Waals surface area contributed by atoms with Gasteiger partial charge in [-0.05, 0) is 26.1 Å². The molecule has 1 amide bonds. The minimum Gasteiger partial charge on any atom is -0.493 e. The van der Waals surface area contributed by atoms with E-state index in [1.54, 1.807) is 12.1 Å². The molecule has 5 nitrogen and oxygen atoms in total. The second-order valence-electron chi connectivity index (χ2n) is 3.78. The highest BCUT2D eigenvalue weighted by Gasteiger charge is 2.15. The van der Waals surface area contributed by atoms with Gasteiger partial charge in [-0.1, -0.05) is 11.6 Å². The molecule has 1 aromatic carbocycles. The Bertz CT molecular complexity index is 442. The lowest BCUT2D eigenvalue weighted by Gasteiger charge is -2.13. The number of hydrogen-bond acceptors (Lipinski definition) is 4. The number of carbonyl (C=O) groups excluding carboxylic acids is 1. The van der Waals surface area contributed by atoms with Gasteiger partial charge in [0.15, 0.2) is 11.5 Å². The van der Waals surface area contributed by atoms with Crippen LogP contribution in [0.4, 0.5) is 0 Å². The topological polar surface area (TPSA) is 59.6 Å². The summed E-state index contributed by atoms with van der Waals surface area (Å²) in [7, 11) is 3.33. The third-order valence-corrected chi connectivity index (χ3v) is 2.72. The quantitative estimate of drug-likeness (QED) is 0.755. The van der Waals surface area contributed by atoms with Crippen molar-refractivity contribution >= 4 is 29.9 Å². The maximum absolute atomic E-state index is 11.9. The van der Waals surface area contributed by atoms with E-state index in [1.807, 2.05) is 14.0 Å². The lowest BCUT2D eigenvalue weighted by Crippen LogP contribution is -2.30. The van der Waals surface area contributed by atoms with Crippen LogP contribution in [-0.4, -0.2) is 39.8 Å². The summed E-state index contributed by atoms with van der Waals surface area (Å²) in [6.45, 7) is 3.58. The summed E-state index contributed by atoms with van der Waals surface area (Å²) in [5.41, 5.74) is 0.446. The van der Waals surface area contributed by atoms with Crippen molar-refractivity contribution in [3.63, 3.8) is 0 Å². The molecule has 0 saturated heterocycles. The molecule has 0 aliphatic heterocycles. The Morgan fingerprint density at radius 1 is 1.35 bits per heavy atom. The molecule has 0 aromatic heterocycles. The van der Waals surface area contributed by atoms with E-state index in [9.17, 15) is 4.79 Å². The minimum atomic E-state index is -0.196. The van der Waals surface area contributed by atoms with Crippen molar-refractivity contribution in [1.29, 1.82) is 0 Å². The van der Waals surface area contributed by atoms with Crippen LogP contribution in [0.2, 0.25) is 5.02 Å². The summed E-state index contributed by atoms with van der Waals surface area (Å²) in [6, 6.07) is 3.19. The van der Waals surface area contributed by atoms with Crippen molar-refractivity contribution in [1.82, 2.24) is 10.6 Å². The molecule has 0 spiro atoms. The molecule has 0 atom stereocenters. The largest absolute Gasteiger partial charge is 0.493 e. The highest BCUT2D eigenvalue weighted by molar-refractivity contribution is 6.32. The maximum atomic E-state index is 11.9. The molecular weight excluding hydrogens is 303 g/mol. The highest BCUT2D eigenvalue weighted by Crippen LogP contribution is 2.36. The van der Waals surface area contributed by atoms with E-state index >= 15 is 0 Å². The summed E-state index contributed by atoms with van der Waals surface area (Å²) >= 11 is 6.10. The predicted octanol–water partition coefficient (Wildman–Crippen LogP) is 2.12. The predicted molar refractivity (Wildman–Crippen MR) is 82.7 cm³/mol. The van der Waals surface area contributed by atoms with Gasteiger partial charge in [0.25, 0.3) is 5.91 Å². The van der Waals surface area contributed by atoms with Crippen LogP contribution in [0.5, 0.6) is 11.5 Å². The number of ether oxygens (including phenoxy) is 2. The monoisotopic (exact) mass is 322 g/mol. The van der Waals surface area contributed by atoms with Gasteiger partial charge in [-0.25, -0.2) is 0 Å². The first-order chi connectivity index (χ1) is 9.13. The first-order valence-corrected chi connectivity index (χ1v) is 6.45. The molecule has 7 heteroatoms. The molecule has 0 aliphatic rings. The average Bonchev–Trinajstić information content (AvgIpc) is 2.41. The standard InChI is InChI=1S/C13H19ClN2O3.ClH/c1-4-19-12-10(14)7-9(8-11(12)18-3)13(17)16-6-5-15-2;/h7-8,15H,4-6H2,1-3H3,(H,16,17);1H. The Morgan fingerprint density at radius 2 is 2.05 bits per heavy atom. The molecule has 0 saturated carbocycles. The van der Waals surface area contributed by atoms with Crippen molar-refractivity contribution < 1.29 is 14.3 Å². The van der Waals surface area contributed by atoms with Gasteiger partial charge in [0.1, 0.15) is 0 Å². The van der Waals surface area contributed by atoms with Gasteiger partial charge in [-0.3, -0.25) is 4.79 Å². The number of benzene rings is 1. The van der Waals surface area contributed by atoms with Crippen LogP contribution >= 0.6 is 24.0 Å². The molecule has 0 radical (unpaired) electrons. The van der Waals surface area contributed by atoms with E-state index in [-0.39, 0.29) is 18.3 Å². The third kappa shape index (κ3) is 5.07. The van der Waals surface area contributed by atoms with Crippen LogP contribution in [0.25, 0.3) is 0 Å². The Hall–Kier alpha value is -1.17. The van der Waals surface area contributed by atoms with E-state index in [0.717, 1.165) is 0 Å². The van der Waals surface area contributed by atoms with Crippen LogP contribution < -0.4 is 20.1 Å². The summed E-state index contributed by atoms with van der Waals surface area (Å²) in [5, 5.41) is 6.08. The molecule has 0 bridgehead atoms. The van der Waals surface area contributed by atoms with Crippen LogP contribution in [-0.2, 0) is 0 Å². The van der Waals surface area contributed by atoms with Crippen LogP contribution in [0.1, 0.15) is 17.3 Å². The molecule has 20 heavy (non-hydrogen) atoms. The van der Waals surface area contributed by atoms with Crippen LogP contribution in [0.15, 0.2) is 12.1 Å². The fourth-order valence-corrected chi connectivity index (χ4v) is 1.80. The first-order valence-electron chi connectivity index (χ1n) is 6.07. The number of nitrogens with one attached hydrogen (secondary N) is 2. The zero-order valence-corrected chi connectivity index (χ0v) is 13.4. The van der Waals surface area contributed by atoms with Gasteiger partial charge < -0.3 is 20.1 Å². The number of halogens is 2. The maximum Gasteiger partial charge on any atom is 0.251 e. The number of carbonyl (C=O) groups is 1. The second kappa shape index (κ2) is 9.69. The van der Waals surface area contributed by atoms with Gasteiger partial charge in [0, 0.05) is 18.7 Å². The smallest absolute Gasteiger partial charge is 0.251 e. The average molecular weight is 323 g/mol. The zero-order valence-electron chi connectivity index (χ0n) is 11.8. The Balaban J connectivity index is 0.00000361. The fourth-order valence-electron chi connectivity index (χ4n) is 1.54. The molecule has 0 aliphatic carbocycles. The lowest BCUT2D eigenvalue weighted by atomic mass is 10.2. The molecule has 1 rings (SSSR count). The zero-order chi connectivity index (χ0) is 14.3. The third-order valence-electron chi connectivity index (χ3n) is 2.44. The number of likely N-dealkylation sites (N-methyl/N-ethyl adjacent to an activating group) is 1. The van der Waals surface area contributed by atoms with Gasteiger partial charge >= 0.3 is 0 Å². The van der Waals surface area contributed by atoms with Crippen LogP contribution in [0, 0.1) is 0 Å². The second-order valence-corrected chi connectivity index (χ2v) is 4.19. The molecular formula is C13H20Cl2N2O3. The van der Waals surface area contributed by atoms with E-state index in [1.165, 1.54) is 7.11 Å². The number of amides is 1. The molecule has 0 unspecified atom stereocenters. The van der Waals surface area contributed by atoms with E-state index < -0.39 is 0 Å². The van der Waals surface area contributed by atoms with Crippen molar-refractivity contribution in [3.05, 3.63) is 22.7 Å². The van der Waals surface area contributed by atoms with Crippen molar-refractivity contribution in [3.8, 4) is 11.5 Å². The Kier molecular flexibility index (Phi) is 9.12. The molecule has 0 fully saturated rings. The number of hydrogen-bond donors (Lipinski definition) is 2. The van der Waals surface area contributed by atoms with Crippen molar-refractivity contribution in [2.24, 2.45) is 0 Å². The van der Waals surface area contributed by atoms with E-state index in [2.05, 4.69) is 10.6 Å². The summed E-state index contributed by atoms with van der Waals surface area (Å²) < 4.78 is 10.6. The molecule has 114 valence electrons. The van der Waals surface area contributed by atoms with Gasteiger partial charge in [0.2, 0.25) is 0 Å². The lowest BCUT2D eigenvalue weighted by molar-refractivity contribution is 0.0953. The van der Waals surface area contributed by atoms with Crippen LogP contribution in [0.3, 0.4) is 0 Å². The van der Waals surface area contributed by atoms with Gasteiger partial charge in [0.05, 0.1) is 18.7 Å². The van der Waals surface area contributed by atoms with E-state index in [0.29, 0.717) is 41.8 Å². The van der Waals surface area contributed by atoms with Gasteiger partial charge in [-0.2, -0.15) is 0 Å². The highest BCUT2D eigenvalue weighted by atomic mass is 35.5. The van der Waals surface area contributed by atoms with Crippen molar-refractivity contribution in [2.75, 3.05) is 33.9 Å². The minimum absolute atomic E-state index is 0. The summed E-state index contributed by atoms with van der Waals surface area (Å²) in [5.74, 6) is 0.713. The fraction of sp³-hybridized carbons (Fsp3) is 0.462. The number of methoxy groups -OCH3 is 1. The first kappa shape index (κ1) is 18.8. The Morgan fingerprint density at radius 3 is 2.60 bits per heavy atom. The molecule has 2 N–H and O–H groups in total. The molecule has 1 aromatic rings.